The second-order valence-electron chi connectivity index (χ2n) is 6.93. The second-order valence-corrected chi connectivity index (χ2v) is 6.93. The molecule has 2 atom stereocenters. The number of ketones is 1. The van der Waals surface area contributed by atoms with E-state index in [4.69, 9.17) is 9.41 Å². The van der Waals surface area contributed by atoms with Gasteiger partial charge in [0.05, 0.1) is 6.04 Å². The van der Waals surface area contributed by atoms with Crippen LogP contribution in [0.25, 0.3) is 11.1 Å². The molecule has 0 radical (unpaired) electrons. The van der Waals surface area contributed by atoms with E-state index < -0.39 is 0 Å². The van der Waals surface area contributed by atoms with E-state index in [0.29, 0.717) is 18.4 Å². The van der Waals surface area contributed by atoms with Crippen molar-refractivity contribution in [1.82, 2.24) is 10.3 Å². The van der Waals surface area contributed by atoms with Gasteiger partial charge in [0.1, 0.15) is 5.52 Å². The number of para-hydroxylation sites is 2. The molecule has 2 aliphatic carbocycles. The normalized spacial score (nSPS) is 23.7. The Morgan fingerprint density at radius 2 is 2.14 bits per heavy atom. The average Bonchev–Trinajstić information content (AvgIpc) is 3.10. The summed E-state index contributed by atoms with van der Waals surface area (Å²) in [5, 5.41) is 6.44. The van der Waals surface area contributed by atoms with Crippen LogP contribution in [0.4, 0.5) is 6.01 Å². The first-order chi connectivity index (χ1) is 13.3. The van der Waals surface area contributed by atoms with Crippen LogP contribution in [0, 0.1) is 53.7 Å². The fourth-order valence-electron chi connectivity index (χ4n) is 3.86. The van der Waals surface area contributed by atoms with Gasteiger partial charge in [-0.05, 0) is 25.0 Å². The maximum absolute atomic E-state index is 12.6. The summed E-state index contributed by atoms with van der Waals surface area (Å²) in [6.45, 7) is 0. The number of fused-ring (bicyclic) bond motifs is 1. The van der Waals surface area contributed by atoms with Gasteiger partial charge in [0, 0.05) is 59.4 Å². The number of guanidine groups is 1. The molecule has 5 rings (SSSR count). The molecule has 28 heavy (non-hydrogen) atoms. The van der Waals surface area contributed by atoms with Crippen LogP contribution in [0.15, 0.2) is 63.2 Å². The molecule has 1 aromatic heterocycles. The van der Waals surface area contributed by atoms with Crippen LogP contribution in [-0.4, -0.2) is 22.8 Å². The van der Waals surface area contributed by atoms with Gasteiger partial charge in [0.2, 0.25) is 5.96 Å². The molecular formula is C21H19CeN4O2-. The number of anilines is 1. The average molecular weight is 500 g/mol. The Hall–Kier alpha value is -1.77. The number of Topliss-reactive ketones (excluding diaryl/α,β-unsaturated/α-hetero) is 1. The van der Waals surface area contributed by atoms with Gasteiger partial charge in [-0.25, -0.2) is 17.1 Å². The third-order valence-electron chi connectivity index (χ3n) is 5.12. The molecule has 0 amide bonds. The van der Waals surface area contributed by atoms with Gasteiger partial charge in [-0.3, -0.25) is 16.2 Å². The van der Waals surface area contributed by atoms with Crippen LogP contribution >= 0.6 is 0 Å². The topological polar surface area (TPSA) is 79.5 Å². The van der Waals surface area contributed by atoms with Gasteiger partial charge in [-0.15, -0.1) is 0 Å². The van der Waals surface area contributed by atoms with Crippen molar-refractivity contribution in [3.8, 4) is 0 Å². The Kier molecular flexibility index (Phi) is 5.79. The zero-order valence-corrected chi connectivity index (χ0v) is 18.4. The van der Waals surface area contributed by atoms with Crippen molar-refractivity contribution in [3.05, 3.63) is 59.8 Å². The van der Waals surface area contributed by atoms with Crippen molar-refractivity contribution < 1.29 is 51.0 Å². The minimum absolute atomic E-state index is 0. The van der Waals surface area contributed by atoms with Gasteiger partial charge in [-0.2, -0.15) is 11.1 Å². The Balaban J connectivity index is 0.00000192. The molecule has 1 aromatic carbocycles. The van der Waals surface area contributed by atoms with Crippen LogP contribution in [0.2, 0.25) is 0 Å². The molecule has 0 fully saturated rings. The molecule has 1 aliphatic heterocycles. The molecule has 0 bridgehead atoms. The number of hydrogen-bond acceptors (Lipinski definition) is 6. The van der Waals surface area contributed by atoms with Crippen LogP contribution in [0.5, 0.6) is 0 Å². The first-order valence-electron chi connectivity index (χ1n) is 9.26. The van der Waals surface area contributed by atoms with Crippen molar-refractivity contribution in [3.63, 3.8) is 0 Å². The quantitative estimate of drug-likeness (QED) is 0.619. The number of aromatic nitrogens is 1. The Bertz CT molecular complexity index is 1000. The molecule has 140 valence electrons. The van der Waals surface area contributed by atoms with E-state index in [1.165, 1.54) is 0 Å². The van der Waals surface area contributed by atoms with E-state index in [2.05, 4.69) is 27.8 Å². The summed E-state index contributed by atoms with van der Waals surface area (Å²) in [4.78, 5) is 21.8. The van der Waals surface area contributed by atoms with E-state index >= 15 is 0 Å². The molecular weight excluding hydrogens is 480 g/mol. The molecule has 3 aliphatic rings. The molecule has 0 saturated carbocycles. The number of allylic oxidation sites excluding steroid dienone is 4. The van der Waals surface area contributed by atoms with Crippen molar-refractivity contribution >= 4 is 28.9 Å². The van der Waals surface area contributed by atoms with E-state index in [1.54, 1.807) is 0 Å². The minimum Gasteiger partial charge on any atom is -0.423 e. The number of carbonyl (C=O) groups excluding carboxylic acids is 1. The number of nitrogens with zero attached hydrogens (tertiary/aromatic N) is 2. The predicted octanol–water partition coefficient (Wildman–Crippen LogP) is 3.51. The summed E-state index contributed by atoms with van der Waals surface area (Å²) < 4.78 is 5.75. The number of nitrogens with one attached hydrogen (secondary N) is 2. The van der Waals surface area contributed by atoms with Crippen molar-refractivity contribution in [2.24, 2.45) is 10.9 Å². The summed E-state index contributed by atoms with van der Waals surface area (Å²) in [5.74, 6) is 0.815. The number of oxazole rings is 1. The summed E-state index contributed by atoms with van der Waals surface area (Å²) in [7, 11) is 0. The summed E-state index contributed by atoms with van der Waals surface area (Å²) in [5.41, 5.74) is 3.27. The second kappa shape index (κ2) is 8.30. The van der Waals surface area contributed by atoms with Crippen LogP contribution < -0.4 is 10.6 Å². The predicted molar refractivity (Wildman–Crippen MR) is 103 cm³/mol. The van der Waals surface area contributed by atoms with E-state index in [0.717, 1.165) is 41.6 Å². The third kappa shape index (κ3) is 3.73. The Morgan fingerprint density at radius 1 is 1.25 bits per heavy atom. The molecule has 7 heteroatoms. The standard InChI is InChI=1S/C21H19N4O2.Ce/c26-16-11-6-10-15-18(16)19(13-7-2-1-3-8-13)24-20(22-15)25-21-23-14-9-4-5-12-17(14)27-21;/h1-5,9,12-13,19H,6-7,10-11H2,(H2,22,23,24,25);/q-1;. The Labute approximate surface area is 196 Å². The number of rotatable bonds is 2. The first-order valence-corrected chi connectivity index (χ1v) is 9.26. The van der Waals surface area contributed by atoms with Gasteiger partial charge < -0.3 is 9.73 Å². The fraction of sp³-hybridized carbons (Fsp3) is 0.286. The monoisotopic (exact) mass is 499 g/mol. The molecule has 0 saturated heterocycles. The van der Waals surface area contributed by atoms with Gasteiger partial charge in [-0.1, -0.05) is 24.5 Å². The van der Waals surface area contributed by atoms with Crippen LogP contribution in [0.3, 0.4) is 0 Å². The summed E-state index contributed by atoms with van der Waals surface area (Å²) in [6, 6.07) is 7.76. The van der Waals surface area contributed by atoms with Crippen LogP contribution in [-0.2, 0) is 4.79 Å². The number of benzene rings is 1. The summed E-state index contributed by atoms with van der Waals surface area (Å²) >= 11 is 0. The maximum atomic E-state index is 12.6. The fourth-order valence-corrected chi connectivity index (χ4v) is 3.86. The molecule has 2 N–H and O–H groups in total. The van der Waals surface area contributed by atoms with Crippen molar-refractivity contribution in [1.29, 1.82) is 0 Å². The van der Waals surface area contributed by atoms with Crippen molar-refractivity contribution in [2.75, 3.05) is 5.32 Å². The molecule has 2 aromatic rings. The SMILES string of the molecule is O=C1CCCC2=C1C(C1[C-]=CC=CC1)N=C(Nc1nc3ccccc3o1)N2.[Ce]. The maximum Gasteiger partial charge on any atom is 0.302 e. The summed E-state index contributed by atoms with van der Waals surface area (Å²) in [6.07, 6.45) is 12.5. The molecule has 6 nitrogen and oxygen atoms in total. The number of carbonyl (C=O) groups is 1. The molecule has 2 unspecified atom stereocenters. The Morgan fingerprint density at radius 3 is 2.96 bits per heavy atom. The zero-order chi connectivity index (χ0) is 18.2. The largest absolute Gasteiger partial charge is 0.423 e. The minimum atomic E-state index is -0.234. The number of hydrogen-bond donors (Lipinski definition) is 2. The zero-order valence-electron chi connectivity index (χ0n) is 15.2. The van der Waals surface area contributed by atoms with Gasteiger partial charge in [0.25, 0.3) is 0 Å². The third-order valence-corrected chi connectivity index (χ3v) is 5.12. The number of aliphatic imine (C=N–C) groups is 1. The van der Waals surface area contributed by atoms with Crippen molar-refractivity contribution in [2.45, 2.75) is 31.7 Å². The first kappa shape index (κ1) is 19.5. The smallest absolute Gasteiger partial charge is 0.302 e. The van der Waals surface area contributed by atoms with Gasteiger partial charge >= 0.3 is 6.01 Å². The molecule has 2 heterocycles. The van der Waals surface area contributed by atoms with Gasteiger partial charge in [0.15, 0.2) is 11.4 Å². The van der Waals surface area contributed by atoms with E-state index in [1.807, 2.05) is 36.4 Å². The van der Waals surface area contributed by atoms with E-state index in [-0.39, 0.29) is 59.5 Å². The molecule has 0 spiro atoms. The van der Waals surface area contributed by atoms with E-state index in [9.17, 15) is 4.79 Å². The van der Waals surface area contributed by atoms with Crippen LogP contribution in [0.1, 0.15) is 25.7 Å².